The smallest absolute Gasteiger partial charge is 0.271 e. The first-order valence-electron chi connectivity index (χ1n) is 9.81. The van der Waals surface area contributed by atoms with Crippen LogP contribution in [0.4, 0.5) is 0 Å². The van der Waals surface area contributed by atoms with E-state index in [1.54, 1.807) is 19.2 Å². The lowest BCUT2D eigenvalue weighted by Crippen LogP contribution is -2.49. The van der Waals surface area contributed by atoms with Gasteiger partial charge in [0.25, 0.3) is 11.5 Å². The molecule has 29 heavy (non-hydrogen) atoms. The largest absolute Gasteiger partial charge is 0.497 e. The molecule has 3 aromatic rings. The van der Waals surface area contributed by atoms with E-state index < -0.39 is 0 Å². The lowest BCUT2D eigenvalue weighted by Gasteiger charge is -2.42. The van der Waals surface area contributed by atoms with Crippen molar-refractivity contribution < 1.29 is 9.53 Å². The SMILES string of the molecule is COc1ccc(-c2cc(C(=O)N3C[C@@H]4C[C@H](C3)c3cccc(=O)n3C4)[nH]n2)cc1. The van der Waals surface area contributed by atoms with Crippen molar-refractivity contribution in [1.82, 2.24) is 19.7 Å². The van der Waals surface area contributed by atoms with Gasteiger partial charge in [-0.1, -0.05) is 6.07 Å². The van der Waals surface area contributed by atoms with E-state index in [2.05, 4.69) is 10.2 Å². The molecule has 2 aliphatic rings. The van der Waals surface area contributed by atoms with Crippen molar-refractivity contribution in [3.8, 4) is 17.0 Å². The minimum atomic E-state index is -0.0429. The van der Waals surface area contributed by atoms with Crippen LogP contribution in [0, 0.1) is 5.92 Å². The Morgan fingerprint density at radius 1 is 1.14 bits per heavy atom. The number of H-pyrrole nitrogens is 1. The van der Waals surface area contributed by atoms with E-state index in [0.717, 1.165) is 29.1 Å². The first kappa shape index (κ1) is 17.7. The summed E-state index contributed by atoms with van der Waals surface area (Å²) in [6.45, 7) is 1.96. The predicted molar refractivity (Wildman–Crippen MR) is 108 cm³/mol. The highest BCUT2D eigenvalue weighted by atomic mass is 16.5. The van der Waals surface area contributed by atoms with Crippen molar-refractivity contribution >= 4 is 5.91 Å². The second kappa shape index (κ2) is 6.92. The van der Waals surface area contributed by atoms with Gasteiger partial charge in [-0.2, -0.15) is 5.10 Å². The maximum Gasteiger partial charge on any atom is 0.271 e. The van der Waals surface area contributed by atoms with Gasteiger partial charge < -0.3 is 14.2 Å². The Bertz CT molecular complexity index is 1120. The molecule has 0 spiro atoms. The summed E-state index contributed by atoms with van der Waals surface area (Å²) in [6, 6.07) is 14.8. The summed E-state index contributed by atoms with van der Waals surface area (Å²) in [6.07, 6.45) is 1.02. The molecule has 1 fully saturated rings. The van der Waals surface area contributed by atoms with Gasteiger partial charge in [0.15, 0.2) is 0 Å². The number of carbonyl (C=O) groups is 1. The van der Waals surface area contributed by atoms with E-state index in [1.807, 2.05) is 45.9 Å². The Labute approximate surface area is 167 Å². The lowest BCUT2D eigenvalue weighted by molar-refractivity contribution is 0.0588. The number of nitrogens with zero attached hydrogens (tertiary/aromatic N) is 3. The summed E-state index contributed by atoms with van der Waals surface area (Å²) in [7, 11) is 1.63. The number of carbonyl (C=O) groups excluding carboxylic acids is 1. The van der Waals surface area contributed by atoms with Gasteiger partial charge in [-0.15, -0.1) is 0 Å². The number of nitrogens with one attached hydrogen (secondary N) is 1. The van der Waals surface area contributed by atoms with Crippen LogP contribution < -0.4 is 10.3 Å². The normalized spacial score (nSPS) is 20.2. The van der Waals surface area contributed by atoms with E-state index in [4.69, 9.17) is 4.74 Å². The van der Waals surface area contributed by atoms with Crippen molar-refractivity contribution in [3.63, 3.8) is 0 Å². The number of aromatic amines is 1. The molecular formula is C22H22N4O3. The zero-order valence-electron chi connectivity index (χ0n) is 16.2. The molecule has 1 amide bonds. The third-order valence-electron chi connectivity index (χ3n) is 5.96. The number of hydrogen-bond donors (Lipinski definition) is 1. The van der Waals surface area contributed by atoms with E-state index in [-0.39, 0.29) is 17.4 Å². The van der Waals surface area contributed by atoms with Gasteiger partial charge in [0.2, 0.25) is 0 Å². The highest BCUT2D eigenvalue weighted by Gasteiger charge is 2.36. The molecule has 7 nitrogen and oxygen atoms in total. The zero-order valence-corrected chi connectivity index (χ0v) is 16.2. The molecule has 5 rings (SSSR count). The summed E-state index contributed by atoms with van der Waals surface area (Å²) in [4.78, 5) is 27.2. The van der Waals surface area contributed by atoms with Crippen molar-refractivity contribution in [2.75, 3.05) is 20.2 Å². The lowest BCUT2D eigenvalue weighted by atomic mass is 9.83. The van der Waals surface area contributed by atoms with Crippen LogP contribution in [0.3, 0.4) is 0 Å². The molecule has 2 atom stereocenters. The van der Waals surface area contributed by atoms with Crippen molar-refractivity contribution in [2.45, 2.75) is 18.9 Å². The van der Waals surface area contributed by atoms with Gasteiger partial charge in [-0.3, -0.25) is 14.7 Å². The summed E-state index contributed by atoms with van der Waals surface area (Å²) in [5.41, 5.74) is 3.22. The Balaban J connectivity index is 1.37. The average Bonchev–Trinajstić information content (AvgIpc) is 3.24. The van der Waals surface area contributed by atoms with Crippen LogP contribution in [0.15, 0.2) is 53.3 Å². The molecule has 0 radical (unpaired) electrons. The maximum atomic E-state index is 13.1. The van der Waals surface area contributed by atoms with Crippen molar-refractivity contribution in [2.24, 2.45) is 5.92 Å². The molecule has 7 heteroatoms. The number of aromatic nitrogens is 3. The predicted octanol–water partition coefficient (Wildman–Crippen LogP) is 2.51. The van der Waals surface area contributed by atoms with Crippen molar-refractivity contribution in [1.29, 1.82) is 0 Å². The van der Waals surface area contributed by atoms with E-state index in [0.29, 0.717) is 31.2 Å². The van der Waals surface area contributed by atoms with Gasteiger partial charge in [-0.05, 0) is 48.7 Å². The number of methoxy groups -OCH3 is 1. The molecule has 2 aliphatic heterocycles. The molecule has 2 aromatic heterocycles. The highest BCUT2D eigenvalue weighted by Crippen LogP contribution is 2.35. The number of amides is 1. The highest BCUT2D eigenvalue weighted by molar-refractivity contribution is 5.93. The second-order valence-electron chi connectivity index (χ2n) is 7.80. The Morgan fingerprint density at radius 3 is 2.76 bits per heavy atom. The fraction of sp³-hybridized carbons (Fsp3) is 0.318. The summed E-state index contributed by atoms with van der Waals surface area (Å²) >= 11 is 0. The molecule has 4 heterocycles. The van der Waals surface area contributed by atoms with Crippen molar-refractivity contribution in [3.05, 3.63) is 70.3 Å². The van der Waals surface area contributed by atoms with Gasteiger partial charge in [0, 0.05) is 42.9 Å². The first-order chi connectivity index (χ1) is 14.1. The van der Waals surface area contributed by atoms with Gasteiger partial charge in [0.1, 0.15) is 11.4 Å². The quantitative estimate of drug-likeness (QED) is 0.745. The topological polar surface area (TPSA) is 80.2 Å². The molecular weight excluding hydrogens is 368 g/mol. The third kappa shape index (κ3) is 3.12. The molecule has 148 valence electrons. The van der Waals surface area contributed by atoms with E-state index >= 15 is 0 Å². The number of benzene rings is 1. The third-order valence-corrected chi connectivity index (χ3v) is 5.96. The number of hydrogen-bond acceptors (Lipinski definition) is 4. The molecule has 2 bridgehead atoms. The number of rotatable bonds is 3. The zero-order chi connectivity index (χ0) is 20.0. The second-order valence-corrected chi connectivity index (χ2v) is 7.80. The van der Waals surface area contributed by atoms with Crippen LogP contribution in [0.1, 0.15) is 28.5 Å². The van der Waals surface area contributed by atoms with Gasteiger partial charge in [0.05, 0.1) is 12.8 Å². The minimum absolute atomic E-state index is 0.0429. The van der Waals surface area contributed by atoms with Crippen LogP contribution in [-0.4, -0.2) is 45.8 Å². The first-order valence-corrected chi connectivity index (χ1v) is 9.81. The van der Waals surface area contributed by atoms with Gasteiger partial charge >= 0.3 is 0 Å². The summed E-state index contributed by atoms with van der Waals surface area (Å²) in [5.74, 6) is 1.23. The fourth-order valence-electron chi connectivity index (χ4n) is 4.57. The molecule has 1 N–H and O–H groups in total. The van der Waals surface area contributed by atoms with E-state index in [9.17, 15) is 9.59 Å². The molecule has 0 saturated carbocycles. The molecule has 0 unspecified atom stereocenters. The molecule has 1 saturated heterocycles. The van der Waals surface area contributed by atoms with Crippen LogP contribution in [0.5, 0.6) is 5.75 Å². The molecule has 1 aromatic carbocycles. The number of pyridine rings is 1. The fourth-order valence-corrected chi connectivity index (χ4v) is 4.57. The number of ether oxygens (including phenoxy) is 1. The maximum absolute atomic E-state index is 13.1. The summed E-state index contributed by atoms with van der Waals surface area (Å²) in [5, 5.41) is 7.22. The minimum Gasteiger partial charge on any atom is -0.497 e. The number of piperidine rings is 1. The van der Waals surface area contributed by atoms with Crippen LogP contribution >= 0.6 is 0 Å². The number of likely N-dealkylation sites (tertiary alicyclic amines) is 1. The summed E-state index contributed by atoms with van der Waals surface area (Å²) < 4.78 is 7.06. The monoisotopic (exact) mass is 390 g/mol. The Hall–Kier alpha value is -3.35. The average molecular weight is 390 g/mol. The van der Waals surface area contributed by atoms with Crippen LogP contribution in [0.25, 0.3) is 11.3 Å². The molecule has 0 aliphatic carbocycles. The van der Waals surface area contributed by atoms with Gasteiger partial charge in [-0.25, -0.2) is 0 Å². The number of fused-ring (bicyclic) bond motifs is 4. The standard InChI is InChI=1S/C22H22N4O3/c1-29-17-7-5-15(6-8-17)18-10-19(24-23-18)22(28)25-11-14-9-16(13-25)20-3-2-4-21(27)26(20)12-14/h2-8,10,14,16H,9,11-13H2,1H3,(H,23,24)/t14-,16+/m0/s1. The Kier molecular flexibility index (Phi) is 4.23. The van der Waals surface area contributed by atoms with E-state index in [1.165, 1.54) is 0 Å². The van der Waals surface area contributed by atoms with Crippen LogP contribution in [-0.2, 0) is 6.54 Å². The Morgan fingerprint density at radius 2 is 1.97 bits per heavy atom. The van der Waals surface area contributed by atoms with Crippen LogP contribution in [0.2, 0.25) is 0 Å².